The topological polar surface area (TPSA) is 60.9 Å². The molecule has 25 heavy (non-hydrogen) atoms. The average molecular weight is 344 g/mol. The summed E-state index contributed by atoms with van der Waals surface area (Å²) < 4.78 is 16.3. The molecule has 0 unspecified atom stereocenters. The number of hydrogen-bond acceptors (Lipinski definition) is 5. The van der Waals surface area contributed by atoms with Gasteiger partial charge in [-0.3, -0.25) is 0 Å². The van der Waals surface area contributed by atoms with Crippen molar-refractivity contribution in [1.82, 2.24) is 4.98 Å². The van der Waals surface area contributed by atoms with Crippen LogP contribution in [-0.4, -0.2) is 30.9 Å². The molecule has 0 atom stereocenters. The van der Waals surface area contributed by atoms with Gasteiger partial charge in [-0.1, -0.05) is 0 Å². The van der Waals surface area contributed by atoms with Gasteiger partial charge in [0, 0.05) is 12.3 Å². The summed E-state index contributed by atoms with van der Waals surface area (Å²) >= 11 is 0. The van der Waals surface area contributed by atoms with E-state index >= 15 is 0 Å². The van der Waals surface area contributed by atoms with E-state index in [1.807, 2.05) is 39.8 Å². The number of aryl methyl sites for hydroxylation is 1. The van der Waals surface area contributed by atoms with Gasteiger partial charge in [0.2, 0.25) is 0 Å². The minimum absolute atomic E-state index is 0.445. The predicted octanol–water partition coefficient (Wildman–Crippen LogP) is 4.48. The van der Waals surface area contributed by atoms with Gasteiger partial charge in [-0.2, -0.15) is 0 Å². The highest BCUT2D eigenvalue weighted by molar-refractivity contribution is 5.97. The third-order valence-electron chi connectivity index (χ3n) is 3.33. The van der Waals surface area contributed by atoms with E-state index in [4.69, 9.17) is 14.2 Å². The number of pyridine rings is 1. The van der Waals surface area contributed by atoms with E-state index in [2.05, 4.69) is 4.98 Å². The molecule has 6 heteroatoms. The zero-order chi connectivity index (χ0) is 18.6. The zero-order valence-electron chi connectivity index (χ0n) is 15.5. The van der Waals surface area contributed by atoms with Crippen molar-refractivity contribution in [3.05, 3.63) is 42.1 Å². The van der Waals surface area contributed by atoms with Gasteiger partial charge >= 0.3 is 6.09 Å². The summed E-state index contributed by atoms with van der Waals surface area (Å²) in [4.78, 5) is 18.6. The maximum Gasteiger partial charge on any atom is 0.420 e. The Hall–Kier alpha value is -2.76. The van der Waals surface area contributed by atoms with Gasteiger partial charge in [-0.15, -0.1) is 0 Å². The van der Waals surface area contributed by atoms with Crippen LogP contribution in [0.2, 0.25) is 0 Å². The van der Waals surface area contributed by atoms with Crippen molar-refractivity contribution < 1.29 is 19.0 Å². The molecule has 1 heterocycles. The van der Waals surface area contributed by atoms with Gasteiger partial charge in [-0.05, 0) is 57.5 Å². The van der Waals surface area contributed by atoms with Crippen LogP contribution in [-0.2, 0) is 4.74 Å². The van der Waals surface area contributed by atoms with Gasteiger partial charge in [0.05, 0.1) is 19.9 Å². The Labute approximate surface area is 148 Å². The predicted molar refractivity (Wildman–Crippen MR) is 96.9 cm³/mol. The number of benzene rings is 1. The molecule has 0 bridgehead atoms. The molecule has 2 rings (SSSR count). The second-order valence-corrected chi connectivity index (χ2v) is 6.54. The molecule has 2 aromatic rings. The molecule has 6 nitrogen and oxygen atoms in total. The summed E-state index contributed by atoms with van der Waals surface area (Å²) in [7, 11) is 3.11. The number of methoxy groups -OCH3 is 2. The number of nitrogens with zero attached hydrogens (tertiary/aromatic N) is 2. The summed E-state index contributed by atoms with van der Waals surface area (Å²) in [6.45, 7) is 7.38. The van der Waals surface area contributed by atoms with E-state index in [1.54, 1.807) is 38.6 Å². The summed E-state index contributed by atoms with van der Waals surface area (Å²) in [5.74, 6) is 1.55. The summed E-state index contributed by atoms with van der Waals surface area (Å²) in [5, 5.41) is 0. The first-order valence-electron chi connectivity index (χ1n) is 7.93. The standard InChI is InChI=1S/C19H24N2O4/c1-13-9-10-20-17(11-13)21(18(22)25-19(2,3)4)15-12-14(23-5)7-8-16(15)24-6/h7-12H,1-6H3. The third kappa shape index (κ3) is 4.62. The smallest absolute Gasteiger partial charge is 0.420 e. The van der Waals surface area contributed by atoms with E-state index in [9.17, 15) is 4.79 Å². The summed E-state index contributed by atoms with van der Waals surface area (Å²) in [6.07, 6.45) is 1.10. The number of aromatic nitrogens is 1. The van der Waals surface area contributed by atoms with Gasteiger partial charge in [0.15, 0.2) is 0 Å². The Kier molecular flexibility index (Phi) is 5.51. The van der Waals surface area contributed by atoms with Crippen molar-refractivity contribution in [3.8, 4) is 11.5 Å². The molecule has 0 fully saturated rings. The largest absolute Gasteiger partial charge is 0.497 e. The van der Waals surface area contributed by atoms with Crippen LogP contribution in [0.4, 0.5) is 16.3 Å². The highest BCUT2D eigenvalue weighted by atomic mass is 16.6. The van der Waals surface area contributed by atoms with Gasteiger partial charge < -0.3 is 14.2 Å². The lowest BCUT2D eigenvalue weighted by molar-refractivity contribution is 0.0597. The van der Waals surface area contributed by atoms with Crippen molar-refractivity contribution in [2.45, 2.75) is 33.3 Å². The molecule has 0 N–H and O–H groups in total. The number of hydrogen-bond donors (Lipinski definition) is 0. The van der Waals surface area contributed by atoms with Crippen LogP contribution in [0.15, 0.2) is 36.5 Å². The van der Waals surface area contributed by atoms with E-state index in [0.717, 1.165) is 5.56 Å². The van der Waals surface area contributed by atoms with Crippen LogP contribution in [0.1, 0.15) is 26.3 Å². The first-order valence-corrected chi connectivity index (χ1v) is 7.93. The number of carbonyl (C=O) groups is 1. The number of rotatable bonds is 4. The minimum Gasteiger partial charge on any atom is -0.497 e. The van der Waals surface area contributed by atoms with Crippen LogP contribution in [0.3, 0.4) is 0 Å². The number of amides is 1. The second kappa shape index (κ2) is 7.42. The van der Waals surface area contributed by atoms with Crippen molar-refractivity contribution in [1.29, 1.82) is 0 Å². The number of ether oxygens (including phenoxy) is 3. The van der Waals surface area contributed by atoms with Crippen LogP contribution < -0.4 is 14.4 Å². The molecule has 0 radical (unpaired) electrons. The molecule has 0 aliphatic rings. The maximum absolute atomic E-state index is 12.9. The van der Waals surface area contributed by atoms with Gasteiger partial charge in [-0.25, -0.2) is 14.7 Å². The summed E-state index contributed by atoms with van der Waals surface area (Å²) in [6, 6.07) is 8.88. The fraction of sp³-hybridized carbons (Fsp3) is 0.368. The van der Waals surface area contributed by atoms with Crippen LogP contribution in [0, 0.1) is 6.92 Å². The van der Waals surface area contributed by atoms with E-state index < -0.39 is 11.7 Å². The first-order chi connectivity index (χ1) is 11.7. The van der Waals surface area contributed by atoms with E-state index in [1.165, 1.54) is 4.90 Å². The van der Waals surface area contributed by atoms with Gasteiger partial charge in [0.25, 0.3) is 0 Å². The Bertz CT molecular complexity index is 753. The lowest BCUT2D eigenvalue weighted by Gasteiger charge is -2.28. The quantitative estimate of drug-likeness (QED) is 0.818. The molecule has 134 valence electrons. The van der Waals surface area contributed by atoms with Crippen LogP contribution in [0.25, 0.3) is 0 Å². The van der Waals surface area contributed by atoms with Crippen molar-refractivity contribution in [3.63, 3.8) is 0 Å². The number of anilines is 2. The van der Waals surface area contributed by atoms with Gasteiger partial charge in [0.1, 0.15) is 22.9 Å². The zero-order valence-corrected chi connectivity index (χ0v) is 15.5. The van der Waals surface area contributed by atoms with E-state index in [-0.39, 0.29) is 0 Å². The number of carbonyl (C=O) groups excluding carboxylic acids is 1. The lowest BCUT2D eigenvalue weighted by atomic mass is 10.2. The Balaban J connectivity index is 2.61. The monoisotopic (exact) mass is 344 g/mol. The molecule has 0 saturated heterocycles. The minimum atomic E-state index is -0.648. The molecular weight excluding hydrogens is 320 g/mol. The molecule has 0 spiro atoms. The molecule has 0 saturated carbocycles. The summed E-state index contributed by atoms with van der Waals surface area (Å²) in [5.41, 5.74) is 0.820. The van der Waals surface area contributed by atoms with Crippen LogP contribution in [0.5, 0.6) is 11.5 Å². The molecule has 1 amide bonds. The first kappa shape index (κ1) is 18.6. The Morgan fingerprint density at radius 2 is 1.80 bits per heavy atom. The molecule has 0 aliphatic carbocycles. The molecule has 1 aromatic heterocycles. The third-order valence-corrected chi connectivity index (χ3v) is 3.33. The average Bonchev–Trinajstić information content (AvgIpc) is 2.53. The normalized spacial score (nSPS) is 11.0. The molecule has 0 aliphatic heterocycles. The van der Waals surface area contributed by atoms with Crippen molar-refractivity contribution in [2.75, 3.05) is 19.1 Å². The maximum atomic E-state index is 12.9. The lowest BCUT2D eigenvalue weighted by Crippen LogP contribution is -2.34. The van der Waals surface area contributed by atoms with Crippen molar-refractivity contribution in [2.24, 2.45) is 0 Å². The highest BCUT2D eigenvalue weighted by Gasteiger charge is 2.28. The fourth-order valence-electron chi connectivity index (χ4n) is 2.24. The molecular formula is C19H24N2O4. The second-order valence-electron chi connectivity index (χ2n) is 6.54. The van der Waals surface area contributed by atoms with Crippen LogP contribution >= 0.6 is 0 Å². The molecule has 1 aromatic carbocycles. The SMILES string of the molecule is COc1ccc(OC)c(N(C(=O)OC(C)(C)C)c2cc(C)ccn2)c1. The Morgan fingerprint density at radius 1 is 1.08 bits per heavy atom. The highest BCUT2D eigenvalue weighted by Crippen LogP contribution is 2.37. The Morgan fingerprint density at radius 3 is 2.36 bits per heavy atom. The fourth-order valence-corrected chi connectivity index (χ4v) is 2.24. The van der Waals surface area contributed by atoms with E-state index in [0.29, 0.717) is 23.0 Å². The van der Waals surface area contributed by atoms with Crippen molar-refractivity contribution >= 4 is 17.6 Å².